The van der Waals surface area contributed by atoms with Gasteiger partial charge in [-0.15, -0.1) is 24.6 Å². The van der Waals surface area contributed by atoms with Crippen LogP contribution in [-0.2, 0) is 4.74 Å². The fourth-order valence-electron chi connectivity index (χ4n) is 2.90. The molecule has 0 aliphatic carbocycles. The van der Waals surface area contributed by atoms with Gasteiger partial charge >= 0.3 is 6.36 Å². The van der Waals surface area contributed by atoms with E-state index in [-0.39, 0.29) is 22.8 Å². The zero-order valence-electron chi connectivity index (χ0n) is 18.6. The summed E-state index contributed by atoms with van der Waals surface area (Å²) in [4.78, 5) is 8.91. The number of nitrogens with zero attached hydrogens (tertiary/aromatic N) is 2. The second-order valence-corrected chi connectivity index (χ2v) is 15.4. The third-order valence-electron chi connectivity index (χ3n) is 5.72. The maximum atomic E-state index is 12.4. The Bertz CT molecular complexity index is 1040. The van der Waals surface area contributed by atoms with Gasteiger partial charge in [-0.3, -0.25) is 0 Å². The first-order valence-electron chi connectivity index (χ1n) is 10.2. The average molecular weight is 469 g/mol. The first kappa shape index (κ1) is 23.6. The monoisotopic (exact) mass is 468 g/mol. The lowest BCUT2D eigenvalue weighted by molar-refractivity contribution is -0.274. The summed E-state index contributed by atoms with van der Waals surface area (Å²) >= 11 is 1.20. The summed E-state index contributed by atoms with van der Waals surface area (Å²) in [7, 11) is -1.65. The van der Waals surface area contributed by atoms with Crippen LogP contribution in [0.3, 0.4) is 0 Å². The van der Waals surface area contributed by atoms with Gasteiger partial charge in [0.05, 0.1) is 10.2 Å². The Kier molecular flexibility index (Phi) is 6.45. The van der Waals surface area contributed by atoms with Crippen molar-refractivity contribution in [1.82, 2.24) is 4.98 Å². The molecule has 0 bridgehead atoms. The zero-order chi connectivity index (χ0) is 23.0. The predicted molar refractivity (Wildman–Crippen MR) is 122 cm³/mol. The van der Waals surface area contributed by atoms with Crippen LogP contribution in [0.15, 0.2) is 23.2 Å². The highest BCUT2D eigenvalue weighted by Crippen LogP contribution is 2.36. The van der Waals surface area contributed by atoms with Gasteiger partial charge in [-0.05, 0) is 23.6 Å². The molecule has 4 nitrogen and oxygen atoms in total. The van der Waals surface area contributed by atoms with Crippen molar-refractivity contribution in [1.29, 1.82) is 0 Å². The fourth-order valence-corrected chi connectivity index (χ4v) is 4.69. The molecular formula is C22H27F3N2O2SSi. The van der Waals surface area contributed by atoms with Crippen molar-refractivity contribution in [2.75, 3.05) is 0 Å². The molecule has 3 rings (SSSR count). The van der Waals surface area contributed by atoms with Crippen LogP contribution in [0.1, 0.15) is 40.5 Å². The third kappa shape index (κ3) is 6.01. The van der Waals surface area contributed by atoms with Gasteiger partial charge in [0.2, 0.25) is 5.13 Å². The van der Waals surface area contributed by atoms with E-state index in [1.165, 1.54) is 29.5 Å². The minimum absolute atomic E-state index is 0.00724. The van der Waals surface area contributed by atoms with E-state index in [0.29, 0.717) is 27.7 Å². The third-order valence-corrected chi connectivity index (χ3v) is 11.2. The minimum Gasteiger partial charge on any atom is -0.476 e. The lowest BCUT2D eigenvalue weighted by atomic mass is 10.1. The number of aliphatic imine (C=N–C) groups is 1. The molecule has 1 aromatic heterocycles. The first-order chi connectivity index (χ1) is 14.2. The number of ether oxygens (including phenoxy) is 2. The largest absolute Gasteiger partial charge is 0.573 e. The van der Waals surface area contributed by atoms with Crippen LogP contribution in [0.4, 0.5) is 18.3 Å². The van der Waals surface area contributed by atoms with Crippen LogP contribution in [0.5, 0.6) is 5.75 Å². The van der Waals surface area contributed by atoms with Gasteiger partial charge in [0.25, 0.3) is 0 Å². The molecule has 2 aromatic rings. The number of halogens is 3. The van der Waals surface area contributed by atoms with E-state index in [2.05, 4.69) is 60.0 Å². The Morgan fingerprint density at radius 2 is 2.00 bits per heavy atom. The quantitative estimate of drug-likeness (QED) is 0.357. The van der Waals surface area contributed by atoms with Gasteiger partial charge < -0.3 is 9.47 Å². The smallest absolute Gasteiger partial charge is 0.476 e. The highest BCUT2D eigenvalue weighted by Gasteiger charge is 2.34. The summed E-state index contributed by atoms with van der Waals surface area (Å²) in [6.07, 6.45) is -3.24. The molecule has 1 aromatic carbocycles. The number of aromatic nitrogens is 1. The van der Waals surface area contributed by atoms with E-state index in [0.717, 1.165) is 6.42 Å². The Balaban J connectivity index is 1.71. The number of thiazole rings is 1. The number of hydrogen-bond donors (Lipinski definition) is 0. The van der Waals surface area contributed by atoms with Crippen LogP contribution in [0, 0.1) is 17.4 Å². The molecule has 9 heteroatoms. The molecule has 1 aliphatic rings. The Hall–Kier alpha value is -2.05. The SMILES string of the molecule is CC1CC(CC#C[Si](C)(C)C(C)(C)C)O/C1=N\c1nc2ccc(OC(F)(F)F)cc2s1. The van der Waals surface area contributed by atoms with Crippen molar-refractivity contribution in [3.63, 3.8) is 0 Å². The minimum atomic E-state index is -4.73. The van der Waals surface area contributed by atoms with Crippen LogP contribution in [0.25, 0.3) is 10.2 Å². The summed E-state index contributed by atoms with van der Waals surface area (Å²) in [5.41, 5.74) is 4.08. The Morgan fingerprint density at radius 3 is 2.65 bits per heavy atom. The van der Waals surface area contributed by atoms with E-state index in [1.54, 1.807) is 0 Å². The summed E-state index contributed by atoms with van der Waals surface area (Å²) in [6.45, 7) is 13.3. The molecule has 2 unspecified atom stereocenters. The number of alkyl halides is 3. The van der Waals surface area contributed by atoms with Crippen molar-refractivity contribution in [2.24, 2.45) is 10.9 Å². The molecule has 0 amide bonds. The standard InChI is InChI=1S/C22H27F3N2O2SSi/c1-14-12-15(8-7-11-31(5,6)21(2,3)4)28-19(14)27-20-26-17-10-9-16(13-18(17)30-20)29-22(23,24)25/h9-10,13-15H,8,12H2,1-6H3/b27-19-. The van der Waals surface area contributed by atoms with Gasteiger partial charge in [0.15, 0.2) is 5.90 Å². The molecule has 2 atom stereocenters. The van der Waals surface area contributed by atoms with E-state index < -0.39 is 14.4 Å². The average Bonchev–Trinajstić information content (AvgIpc) is 3.15. The van der Waals surface area contributed by atoms with Crippen molar-refractivity contribution in [2.45, 2.75) is 71.1 Å². The van der Waals surface area contributed by atoms with Crippen LogP contribution < -0.4 is 4.74 Å². The molecule has 0 saturated carbocycles. The van der Waals surface area contributed by atoms with E-state index in [4.69, 9.17) is 4.74 Å². The molecule has 0 spiro atoms. The van der Waals surface area contributed by atoms with Crippen molar-refractivity contribution in [3.8, 4) is 17.2 Å². The number of fused-ring (bicyclic) bond motifs is 1. The number of rotatable bonds is 3. The second-order valence-electron chi connectivity index (χ2n) is 9.38. The van der Waals surface area contributed by atoms with Gasteiger partial charge in [-0.1, -0.05) is 52.1 Å². The maximum absolute atomic E-state index is 12.4. The van der Waals surface area contributed by atoms with Gasteiger partial charge in [0, 0.05) is 18.4 Å². The van der Waals surface area contributed by atoms with E-state index >= 15 is 0 Å². The van der Waals surface area contributed by atoms with Gasteiger partial charge in [-0.25, -0.2) is 4.98 Å². The van der Waals surface area contributed by atoms with E-state index in [9.17, 15) is 13.2 Å². The molecule has 0 radical (unpaired) electrons. The van der Waals surface area contributed by atoms with Crippen LogP contribution >= 0.6 is 11.3 Å². The van der Waals surface area contributed by atoms with Gasteiger partial charge in [0.1, 0.15) is 19.9 Å². The zero-order valence-corrected chi connectivity index (χ0v) is 20.4. The normalized spacial score (nSPS) is 21.1. The Morgan fingerprint density at radius 1 is 1.29 bits per heavy atom. The number of benzene rings is 1. The van der Waals surface area contributed by atoms with Crippen molar-refractivity contribution >= 4 is 40.7 Å². The molecule has 168 valence electrons. The van der Waals surface area contributed by atoms with Crippen LogP contribution in [0.2, 0.25) is 18.1 Å². The summed E-state index contributed by atoms with van der Waals surface area (Å²) in [5.74, 6) is 3.81. The Labute approximate surface area is 185 Å². The topological polar surface area (TPSA) is 43.7 Å². The molecule has 1 saturated heterocycles. The summed E-state index contributed by atoms with van der Waals surface area (Å²) in [5, 5.41) is 0.669. The molecule has 31 heavy (non-hydrogen) atoms. The second kappa shape index (κ2) is 8.47. The number of hydrogen-bond acceptors (Lipinski definition) is 5. The fraction of sp³-hybridized carbons (Fsp3) is 0.545. The highest BCUT2D eigenvalue weighted by molar-refractivity contribution is 7.22. The highest BCUT2D eigenvalue weighted by atomic mass is 32.1. The van der Waals surface area contributed by atoms with Gasteiger partial charge in [-0.2, -0.15) is 4.99 Å². The lowest BCUT2D eigenvalue weighted by Gasteiger charge is -2.31. The van der Waals surface area contributed by atoms with Crippen molar-refractivity contribution in [3.05, 3.63) is 18.2 Å². The maximum Gasteiger partial charge on any atom is 0.573 e. The summed E-state index contributed by atoms with van der Waals surface area (Å²) < 4.78 is 47.9. The van der Waals surface area contributed by atoms with E-state index in [1.807, 2.05) is 6.92 Å². The first-order valence-corrected chi connectivity index (χ1v) is 14.0. The molecular weight excluding hydrogens is 441 g/mol. The van der Waals surface area contributed by atoms with Crippen molar-refractivity contribution < 1.29 is 22.6 Å². The lowest BCUT2D eigenvalue weighted by Crippen LogP contribution is -2.35. The predicted octanol–water partition coefficient (Wildman–Crippen LogP) is 7.09. The molecule has 2 heterocycles. The van der Waals surface area contributed by atoms with Crippen LogP contribution in [-0.4, -0.2) is 31.4 Å². The molecule has 0 N–H and O–H groups in total. The molecule has 1 aliphatic heterocycles. The molecule has 1 fully saturated rings. The summed E-state index contributed by atoms with van der Waals surface area (Å²) in [6, 6.07) is 4.06.